The summed E-state index contributed by atoms with van der Waals surface area (Å²) in [7, 11) is 0. The van der Waals surface area contributed by atoms with Crippen LogP contribution in [0.2, 0.25) is 5.02 Å². The lowest BCUT2D eigenvalue weighted by Gasteiger charge is -2.29. The van der Waals surface area contributed by atoms with Gasteiger partial charge in [-0.2, -0.15) is 0 Å². The first kappa shape index (κ1) is 18.8. The summed E-state index contributed by atoms with van der Waals surface area (Å²) in [4.78, 5) is 33.7. The zero-order chi connectivity index (χ0) is 20.8. The molecule has 5 rings (SSSR count). The van der Waals surface area contributed by atoms with E-state index in [1.165, 1.54) is 11.1 Å². The minimum absolute atomic E-state index is 0.279. The van der Waals surface area contributed by atoms with Crippen molar-refractivity contribution in [3.63, 3.8) is 0 Å². The van der Waals surface area contributed by atoms with Crippen LogP contribution in [0.25, 0.3) is 0 Å². The molecule has 0 bridgehead atoms. The summed E-state index contributed by atoms with van der Waals surface area (Å²) in [5, 5.41) is 1.74. The molecule has 0 radical (unpaired) electrons. The van der Waals surface area contributed by atoms with Crippen molar-refractivity contribution in [3.8, 4) is 0 Å². The van der Waals surface area contributed by atoms with Gasteiger partial charge in [0.1, 0.15) is 11.7 Å². The molecule has 5 nitrogen and oxygen atoms in total. The van der Waals surface area contributed by atoms with Gasteiger partial charge >= 0.3 is 0 Å². The van der Waals surface area contributed by atoms with E-state index in [-0.39, 0.29) is 10.6 Å². The van der Waals surface area contributed by atoms with E-state index in [9.17, 15) is 14.0 Å². The maximum atomic E-state index is 14.8. The third kappa shape index (κ3) is 2.80. The van der Waals surface area contributed by atoms with Crippen LogP contribution in [0.15, 0.2) is 78.9 Å². The second-order valence-electron chi connectivity index (χ2n) is 7.14. The molecule has 2 aliphatic rings. The lowest BCUT2D eigenvalue weighted by atomic mass is 9.90. The number of halogens is 2. The number of hydrogen-bond acceptors (Lipinski definition) is 4. The Morgan fingerprint density at radius 2 is 1.50 bits per heavy atom. The second-order valence-corrected chi connectivity index (χ2v) is 7.55. The highest BCUT2D eigenvalue weighted by atomic mass is 35.5. The number of nitrogens with zero attached hydrogens (tertiary/aromatic N) is 2. The first-order chi connectivity index (χ1) is 14.6. The molecule has 3 aromatic carbocycles. The van der Waals surface area contributed by atoms with Crippen LogP contribution in [0, 0.1) is 11.7 Å². The van der Waals surface area contributed by atoms with Gasteiger partial charge in [-0.05, 0) is 30.3 Å². The van der Waals surface area contributed by atoms with Crippen LogP contribution < -0.4 is 9.96 Å². The van der Waals surface area contributed by atoms with Gasteiger partial charge in [-0.1, -0.05) is 60.1 Å². The monoisotopic (exact) mass is 422 g/mol. The molecule has 0 saturated carbocycles. The average Bonchev–Trinajstić information content (AvgIpc) is 3.26. The van der Waals surface area contributed by atoms with Crippen LogP contribution in [0.3, 0.4) is 0 Å². The van der Waals surface area contributed by atoms with Crippen molar-refractivity contribution in [1.29, 1.82) is 0 Å². The van der Waals surface area contributed by atoms with Crippen LogP contribution >= 0.6 is 11.6 Å². The van der Waals surface area contributed by atoms with E-state index in [1.807, 2.05) is 18.2 Å². The highest BCUT2D eigenvalue weighted by Crippen LogP contribution is 2.48. The maximum Gasteiger partial charge on any atom is 0.266 e. The molecule has 3 atom stereocenters. The van der Waals surface area contributed by atoms with Gasteiger partial charge in [-0.15, -0.1) is 0 Å². The lowest BCUT2D eigenvalue weighted by Crippen LogP contribution is -2.37. The molecule has 0 aromatic heterocycles. The molecule has 2 amide bonds. The minimum atomic E-state index is -1.07. The number of benzene rings is 3. The van der Waals surface area contributed by atoms with Gasteiger partial charge in [-0.25, -0.2) is 14.4 Å². The number of hydrogen-bond donors (Lipinski definition) is 0. The van der Waals surface area contributed by atoms with E-state index < -0.39 is 35.7 Å². The Labute approximate surface area is 177 Å². The number of amides is 2. The quantitative estimate of drug-likeness (QED) is 0.582. The van der Waals surface area contributed by atoms with Crippen LogP contribution in [0.4, 0.5) is 15.8 Å². The zero-order valence-electron chi connectivity index (χ0n) is 15.6. The molecule has 0 spiro atoms. The average molecular weight is 423 g/mol. The largest absolute Gasteiger partial charge is 0.273 e. The Morgan fingerprint density at radius 3 is 2.23 bits per heavy atom. The van der Waals surface area contributed by atoms with Crippen LogP contribution in [-0.4, -0.2) is 17.9 Å². The van der Waals surface area contributed by atoms with Gasteiger partial charge in [-0.3, -0.25) is 14.4 Å². The summed E-state index contributed by atoms with van der Waals surface area (Å²) in [6.45, 7) is 0. The van der Waals surface area contributed by atoms with Crippen molar-refractivity contribution in [1.82, 2.24) is 0 Å². The number of anilines is 2. The molecule has 150 valence electrons. The van der Waals surface area contributed by atoms with Gasteiger partial charge in [0.2, 0.25) is 5.91 Å². The molecule has 2 saturated heterocycles. The van der Waals surface area contributed by atoms with Crippen molar-refractivity contribution in [2.75, 3.05) is 9.96 Å². The molecule has 2 heterocycles. The van der Waals surface area contributed by atoms with E-state index in [1.54, 1.807) is 54.6 Å². The van der Waals surface area contributed by atoms with Crippen molar-refractivity contribution in [2.45, 2.75) is 12.1 Å². The van der Waals surface area contributed by atoms with Crippen molar-refractivity contribution >= 4 is 34.8 Å². The minimum Gasteiger partial charge on any atom is -0.273 e. The first-order valence-corrected chi connectivity index (χ1v) is 9.83. The summed E-state index contributed by atoms with van der Waals surface area (Å²) in [5.41, 5.74) is 1.21. The molecule has 30 heavy (non-hydrogen) atoms. The molecule has 0 N–H and O–H groups in total. The van der Waals surface area contributed by atoms with Crippen molar-refractivity contribution < 1.29 is 18.8 Å². The highest BCUT2D eigenvalue weighted by Gasteiger charge is 2.60. The number of hydroxylamine groups is 1. The third-order valence-electron chi connectivity index (χ3n) is 5.44. The highest BCUT2D eigenvalue weighted by molar-refractivity contribution is 6.36. The first-order valence-electron chi connectivity index (χ1n) is 9.46. The normalized spacial score (nSPS) is 23.2. The maximum absolute atomic E-state index is 14.8. The number of imide groups is 1. The summed E-state index contributed by atoms with van der Waals surface area (Å²) in [6, 6.07) is 21.1. The van der Waals surface area contributed by atoms with Crippen molar-refractivity contribution in [2.24, 2.45) is 5.92 Å². The van der Waals surface area contributed by atoms with Gasteiger partial charge in [0.15, 0.2) is 6.10 Å². The number of para-hydroxylation sites is 2. The van der Waals surface area contributed by atoms with E-state index >= 15 is 0 Å². The molecule has 7 heteroatoms. The van der Waals surface area contributed by atoms with E-state index in [0.29, 0.717) is 11.4 Å². The Hall–Kier alpha value is -3.22. The summed E-state index contributed by atoms with van der Waals surface area (Å²) >= 11 is 6.24. The SMILES string of the molecule is O=C1[C@@H]2[C@@H](ON(c3ccccc3)[C@H]2c2ccccc2F)C(=O)N1c1ccccc1Cl. The van der Waals surface area contributed by atoms with Gasteiger partial charge in [0.25, 0.3) is 5.91 Å². The van der Waals surface area contributed by atoms with Crippen LogP contribution in [0.5, 0.6) is 0 Å². The predicted octanol–water partition coefficient (Wildman–Crippen LogP) is 4.53. The molecular weight excluding hydrogens is 407 g/mol. The molecule has 0 aliphatic carbocycles. The van der Waals surface area contributed by atoms with Crippen LogP contribution in [-0.2, 0) is 14.4 Å². The predicted molar refractivity (Wildman–Crippen MR) is 110 cm³/mol. The topological polar surface area (TPSA) is 49.9 Å². The summed E-state index contributed by atoms with van der Waals surface area (Å²) in [5.74, 6) is -2.36. The lowest BCUT2D eigenvalue weighted by molar-refractivity contribution is -0.126. The summed E-state index contributed by atoms with van der Waals surface area (Å²) < 4.78 is 14.8. The molecular formula is C23H16ClFN2O3. The molecule has 2 aliphatic heterocycles. The molecule has 0 unspecified atom stereocenters. The number of carbonyl (C=O) groups is 2. The summed E-state index contributed by atoms with van der Waals surface area (Å²) in [6.07, 6.45) is -1.07. The standard InChI is InChI=1S/C23H16ClFN2O3/c24-16-11-5-7-13-18(16)26-22(28)19-20(15-10-4-6-12-17(15)25)27(30-21(19)23(26)29)14-8-2-1-3-9-14/h1-13,19-21H/t19-,20-,21+/m0/s1. The Kier molecular flexibility index (Phi) is 4.53. The van der Waals surface area contributed by atoms with E-state index in [2.05, 4.69) is 0 Å². The molecule has 3 aromatic rings. The smallest absolute Gasteiger partial charge is 0.266 e. The van der Waals surface area contributed by atoms with Crippen molar-refractivity contribution in [3.05, 3.63) is 95.3 Å². The number of carbonyl (C=O) groups excluding carboxylic acids is 2. The number of rotatable bonds is 3. The van der Waals surface area contributed by atoms with E-state index in [0.717, 1.165) is 4.90 Å². The number of fused-ring (bicyclic) bond motifs is 1. The Bertz CT molecular complexity index is 1140. The second kappa shape index (κ2) is 7.23. The van der Waals surface area contributed by atoms with Gasteiger partial charge in [0.05, 0.1) is 22.4 Å². The Morgan fingerprint density at radius 1 is 0.833 bits per heavy atom. The fourth-order valence-corrected chi connectivity index (χ4v) is 4.33. The van der Waals surface area contributed by atoms with Gasteiger partial charge in [0, 0.05) is 5.56 Å². The fourth-order valence-electron chi connectivity index (χ4n) is 4.11. The van der Waals surface area contributed by atoms with Crippen LogP contribution in [0.1, 0.15) is 11.6 Å². The third-order valence-corrected chi connectivity index (χ3v) is 5.76. The Balaban J connectivity index is 1.62. The van der Waals surface area contributed by atoms with Gasteiger partial charge < -0.3 is 0 Å². The fraction of sp³-hybridized carbons (Fsp3) is 0.130. The molecule has 2 fully saturated rings. The van der Waals surface area contributed by atoms with E-state index in [4.69, 9.17) is 16.4 Å². The zero-order valence-corrected chi connectivity index (χ0v) is 16.4.